The summed E-state index contributed by atoms with van der Waals surface area (Å²) in [6, 6.07) is 9.63. The predicted octanol–water partition coefficient (Wildman–Crippen LogP) is 3.79. The molecule has 0 N–H and O–H groups in total. The van der Waals surface area contributed by atoms with E-state index in [9.17, 15) is 9.59 Å². The normalized spacial score (nSPS) is 16.1. The number of nitrogens with zero attached hydrogens (tertiary/aromatic N) is 1. The predicted molar refractivity (Wildman–Crippen MR) is 95.9 cm³/mol. The van der Waals surface area contributed by atoms with Crippen molar-refractivity contribution in [3.05, 3.63) is 48.6 Å². The molecular formula is C20H27NO4. The van der Waals surface area contributed by atoms with Crippen LogP contribution in [-0.4, -0.2) is 36.7 Å². The Balaban J connectivity index is 1.82. The van der Waals surface area contributed by atoms with Crippen LogP contribution in [0.3, 0.4) is 0 Å². The van der Waals surface area contributed by atoms with Crippen molar-refractivity contribution in [2.75, 3.05) is 19.7 Å². The Morgan fingerprint density at radius 3 is 2.52 bits per heavy atom. The quantitative estimate of drug-likeness (QED) is 0.557. The third kappa shape index (κ3) is 5.62. The number of esters is 1. The second-order valence-electron chi connectivity index (χ2n) is 6.25. The fraction of sp³-hybridized carbons (Fsp3) is 0.500. The number of hydrogen-bond acceptors (Lipinski definition) is 4. The molecule has 1 fully saturated rings. The average molecular weight is 345 g/mol. The average Bonchev–Trinajstić information content (AvgIpc) is 2.65. The van der Waals surface area contributed by atoms with Crippen LogP contribution in [0, 0.1) is 11.8 Å². The van der Waals surface area contributed by atoms with Crippen LogP contribution >= 0.6 is 0 Å². The van der Waals surface area contributed by atoms with E-state index in [-0.39, 0.29) is 30.5 Å². The summed E-state index contributed by atoms with van der Waals surface area (Å²) in [4.78, 5) is 26.1. The van der Waals surface area contributed by atoms with Crippen molar-refractivity contribution in [1.82, 2.24) is 4.90 Å². The number of amides is 1. The van der Waals surface area contributed by atoms with Crippen molar-refractivity contribution in [3.8, 4) is 0 Å². The molecule has 1 aliphatic heterocycles. The van der Waals surface area contributed by atoms with Gasteiger partial charge >= 0.3 is 12.1 Å². The van der Waals surface area contributed by atoms with Crippen molar-refractivity contribution in [2.45, 2.75) is 32.8 Å². The van der Waals surface area contributed by atoms with E-state index >= 15 is 0 Å². The number of rotatable bonds is 7. The summed E-state index contributed by atoms with van der Waals surface area (Å²) in [5, 5.41) is 0. The van der Waals surface area contributed by atoms with Gasteiger partial charge in [0.25, 0.3) is 0 Å². The number of allylic oxidation sites excluding steroid dienone is 1. The molecule has 1 aliphatic rings. The molecule has 0 saturated carbocycles. The Kier molecular flexibility index (Phi) is 7.51. The Morgan fingerprint density at radius 1 is 1.24 bits per heavy atom. The maximum Gasteiger partial charge on any atom is 0.410 e. The molecule has 0 aromatic heterocycles. The number of piperidine rings is 1. The van der Waals surface area contributed by atoms with E-state index in [4.69, 9.17) is 9.47 Å². The van der Waals surface area contributed by atoms with E-state index in [1.54, 1.807) is 11.0 Å². The highest BCUT2D eigenvalue weighted by atomic mass is 16.6. The van der Waals surface area contributed by atoms with Gasteiger partial charge in [-0.3, -0.25) is 4.79 Å². The highest BCUT2D eigenvalue weighted by molar-refractivity contribution is 5.73. The minimum Gasteiger partial charge on any atom is -0.466 e. The SMILES string of the molecule is C=CCC(C(=O)OCC)C1CCN(C(=O)OCc2ccccc2)CC1. The van der Waals surface area contributed by atoms with Crippen molar-refractivity contribution >= 4 is 12.1 Å². The second-order valence-corrected chi connectivity index (χ2v) is 6.25. The maximum atomic E-state index is 12.2. The first-order valence-electron chi connectivity index (χ1n) is 8.88. The molecule has 1 saturated heterocycles. The molecule has 136 valence electrons. The molecule has 25 heavy (non-hydrogen) atoms. The van der Waals surface area contributed by atoms with E-state index in [1.165, 1.54) is 0 Å². The summed E-state index contributed by atoms with van der Waals surface area (Å²) in [6.07, 6.45) is 3.64. The second kappa shape index (κ2) is 9.87. The standard InChI is InChI=1S/C20H27NO4/c1-3-8-18(19(22)24-4-2)17-11-13-21(14-12-17)20(23)25-15-16-9-6-5-7-10-16/h3,5-7,9-10,17-18H,1,4,8,11-15H2,2H3. The van der Waals surface area contributed by atoms with Gasteiger partial charge in [-0.15, -0.1) is 6.58 Å². The summed E-state index contributed by atoms with van der Waals surface area (Å²) in [5.74, 6) is -0.109. The molecule has 1 atom stereocenters. The number of benzene rings is 1. The summed E-state index contributed by atoms with van der Waals surface area (Å²) in [6.45, 7) is 7.43. The van der Waals surface area contributed by atoms with Gasteiger partial charge in [0.1, 0.15) is 6.61 Å². The fourth-order valence-electron chi connectivity index (χ4n) is 3.20. The van der Waals surface area contributed by atoms with E-state index < -0.39 is 0 Å². The molecule has 5 heteroatoms. The van der Waals surface area contributed by atoms with Crippen LogP contribution in [0.4, 0.5) is 4.79 Å². The van der Waals surface area contributed by atoms with Gasteiger partial charge in [-0.2, -0.15) is 0 Å². The molecule has 1 aromatic carbocycles. The van der Waals surface area contributed by atoms with Crippen LogP contribution in [0.1, 0.15) is 31.7 Å². The first kappa shape index (κ1) is 19.0. The van der Waals surface area contributed by atoms with E-state index in [2.05, 4.69) is 6.58 Å². The molecule has 0 aliphatic carbocycles. The zero-order valence-electron chi connectivity index (χ0n) is 14.9. The number of hydrogen-bond donors (Lipinski definition) is 0. The Hall–Kier alpha value is -2.30. The lowest BCUT2D eigenvalue weighted by Crippen LogP contribution is -2.41. The molecule has 2 rings (SSSR count). The van der Waals surface area contributed by atoms with Gasteiger partial charge in [-0.1, -0.05) is 36.4 Å². The molecule has 1 aromatic rings. The molecule has 0 bridgehead atoms. The maximum absolute atomic E-state index is 12.2. The van der Waals surface area contributed by atoms with Gasteiger partial charge in [0.15, 0.2) is 0 Å². The highest BCUT2D eigenvalue weighted by Gasteiger charge is 2.33. The number of likely N-dealkylation sites (tertiary alicyclic amines) is 1. The number of carbonyl (C=O) groups is 2. The minimum absolute atomic E-state index is 0.160. The molecular weight excluding hydrogens is 318 g/mol. The molecule has 1 heterocycles. The lowest BCUT2D eigenvalue weighted by molar-refractivity contribution is -0.150. The van der Waals surface area contributed by atoms with Crippen LogP contribution in [0.15, 0.2) is 43.0 Å². The van der Waals surface area contributed by atoms with Gasteiger partial charge in [-0.25, -0.2) is 4.79 Å². The smallest absolute Gasteiger partial charge is 0.410 e. The zero-order chi connectivity index (χ0) is 18.1. The summed E-state index contributed by atoms with van der Waals surface area (Å²) >= 11 is 0. The molecule has 1 unspecified atom stereocenters. The van der Waals surface area contributed by atoms with E-state index in [0.717, 1.165) is 18.4 Å². The van der Waals surface area contributed by atoms with Crippen LogP contribution in [0.5, 0.6) is 0 Å². The van der Waals surface area contributed by atoms with Crippen molar-refractivity contribution in [1.29, 1.82) is 0 Å². The Bertz CT molecular complexity index is 564. The number of ether oxygens (including phenoxy) is 2. The summed E-state index contributed by atoms with van der Waals surface area (Å²) in [5.41, 5.74) is 0.971. The Labute approximate surface area is 149 Å². The minimum atomic E-state index is -0.293. The zero-order valence-corrected chi connectivity index (χ0v) is 14.9. The third-order valence-electron chi connectivity index (χ3n) is 4.58. The van der Waals surface area contributed by atoms with E-state index in [0.29, 0.717) is 26.1 Å². The fourth-order valence-corrected chi connectivity index (χ4v) is 3.20. The topological polar surface area (TPSA) is 55.8 Å². The highest BCUT2D eigenvalue weighted by Crippen LogP contribution is 2.29. The van der Waals surface area contributed by atoms with Crippen LogP contribution < -0.4 is 0 Å². The van der Waals surface area contributed by atoms with Gasteiger partial charge in [0.05, 0.1) is 12.5 Å². The van der Waals surface area contributed by atoms with Crippen molar-refractivity contribution < 1.29 is 19.1 Å². The van der Waals surface area contributed by atoms with Crippen molar-refractivity contribution in [2.24, 2.45) is 11.8 Å². The van der Waals surface area contributed by atoms with Crippen LogP contribution in [0.2, 0.25) is 0 Å². The van der Waals surface area contributed by atoms with Gasteiger partial charge in [0.2, 0.25) is 0 Å². The number of carbonyl (C=O) groups excluding carboxylic acids is 2. The Morgan fingerprint density at radius 2 is 1.92 bits per heavy atom. The van der Waals surface area contributed by atoms with Crippen molar-refractivity contribution in [3.63, 3.8) is 0 Å². The van der Waals surface area contributed by atoms with Gasteiger partial charge in [-0.05, 0) is 37.7 Å². The summed E-state index contributed by atoms with van der Waals surface area (Å²) < 4.78 is 10.6. The first-order chi connectivity index (χ1) is 12.2. The van der Waals surface area contributed by atoms with Crippen LogP contribution in [-0.2, 0) is 20.9 Å². The van der Waals surface area contributed by atoms with Gasteiger partial charge in [0, 0.05) is 13.1 Å². The molecule has 0 spiro atoms. The first-order valence-corrected chi connectivity index (χ1v) is 8.88. The summed E-state index contributed by atoms with van der Waals surface area (Å²) in [7, 11) is 0. The molecule has 1 amide bonds. The van der Waals surface area contributed by atoms with Gasteiger partial charge < -0.3 is 14.4 Å². The third-order valence-corrected chi connectivity index (χ3v) is 4.58. The monoisotopic (exact) mass is 345 g/mol. The van der Waals surface area contributed by atoms with E-state index in [1.807, 2.05) is 37.3 Å². The molecule has 0 radical (unpaired) electrons. The lowest BCUT2D eigenvalue weighted by Gasteiger charge is -2.34. The molecule has 5 nitrogen and oxygen atoms in total. The lowest BCUT2D eigenvalue weighted by atomic mass is 9.82. The largest absolute Gasteiger partial charge is 0.466 e. The van der Waals surface area contributed by atoms with Crippen LogP contribution in [0.25, 0.3) is 0 Å².